The molecule has 1 aromatic rings. The van der Waals surface area contributed by atoms with E-state index >= 15 is 0 Å². The second-order valence-electron chi connectivity index (χ2n) is 4.68. The van der Waals surface area contributed by atoms with Crippen LogP contribution >= 0.6 is 23.2 Å². The molecule has 0 radical (unpaired) electrons. The summed E-state index contributed by atoms with van der Waals surface area (Å²) in [4.78, 5) is 0. The molecule has 0 aliphatic heterocycles. The van der Waals surface area contributed by atoms with E-state index in [4.69, 9.17) is 23.2 Å². The fourth-order valence-corrected chi connectivity index (χ4v) is 2.94. The molecule has 94 valence electrons. The van der Waals surface area contributed by atoms with E-state index in [1.165, 1.54) is 19.3 Å². The van der Waals surface area contributed by atoms with Gasteiger partial charge in [0.05, 0.1) is 10.0 Å². The monoisotopic (exact) mass is 275 g/mol. The predicted octanol–water partition coefficient (Wildman–Crippen LogP) is 5.12. The molecule has 2 atom stereocenters. The van der Waals surface area contributed by atoms with Gasteiger partial charge in [-0.1, -0.05) is 36.5 Å². The van der Waals surface area contributed by atoms with E-state index in [0.29, 0.717) is 6.04 Å². The van der Waals surface area contributed by atoms with Gasteiger partial charge in [-0.2, -0.15) is 0 Å². The molecule has 2 rings (SSSR count). The highest BCUT2D eigenvalue weighted by Gasteiger charge is 2.23. The molecule has 4 heteroatoms. The maximum absolute atomic E-state index is 13.2. The van der Waals surface area contributed by atoms with E-state index in [-0.39, 0.29) is 10.0 Å². The molecule has 2 unspecified atom stereocenters. The third kappa shape index (κ3) is 3.05. The van der Waals surface area contributed by atoms with Crippen LogP contribution in [0.5, 0.6) is 0 Å². The van der Waals surface area contributed by atoms with Gasteiger partial charge in [0.25, 0.3) is 0 Å². The van der Waals surface area contributed by atoms with Crippen LogP contribution in [0.3, 0.4) is 0 Å². The Labute approximate surface area is 111 Å². The first kappa shape index (κ1) is 13.0. The molecular weight excluding hydrogens is 260 g/mol. The van der Waals surface area contributed by atoms with Crippen molar-refractivity contribution in [3.63, 3.8) is 0 Å². The zero-order chi connectivity index (χ0) is 12.4. The minimum atomic E-state index is -0.545. The average molecular weight is 276 g/mol. The van der Waals surface area contributed by atoms with Crippen molar-refractivity contribution in [3.05, 3.63) is 28.0 Å². The van der Waals surface area contributed by atoms with E-state index in [1.807, 2.05) is 0 Å². The smallest absolute Gasteiger partial charge is 0.160 e. The van der Waals surface area contributed by atoms with Gasteiger partial charge in [-0.15, -0.1) is 0 Å². The molecule has 1 aliphatic rings. The second kappa shape index (κ2) is 5.45. The number of rotatable bonds is 3. The number of anilines is 1. The fourth-order valence-electron chi connectivity index (χ4n) is 2.45. The van der Waals surface area contributed by atoms with Gasteiger partial charge in [-0.25, -0.2) is 4.39 Å². The summed E-state index contributed by atoms with van der Waals surface area (Å²) in [5, 5.41) is 3.53. The van der Waals surface area contributed by atoms with Gasteiger partial charge < -0.3 is 5.32 Å². The van der Waals surface area contributed by atoms with Gasteiger partial charge in [-0.3, -0.25) is 0 Å². The average Bonchev–Trinajstić information content (AvgIpc) is 2.73. The Hall–Kier alpha value is -0.470. The molecule has 0 spiro atoms. The summed E-state index contributed by atoms with van der Waals surface area (Å²) < 4.78 is 13.2. The maximum atomic E-state index is 13.2. The molecule has 0 saturated heterocycles. The van der Waals surface area contributed by atoms with Crippen LogP contribution in [0.25, 0.3) is 0 Å². The van der Waals surface area contributed by atoms with Crippen molar-refractivity contribution in [3.8, 4) is 0 Å². The van der Waals surface area contributed by atoms with Crippen LogP contribution in [-0.4, -0.2) is 6.04 Å². The van der Waals surface area contributed by atoms with Crippen molar-refractivity contribution >= 4 is 28.9 Å². The highest BCUT2D eigenvalue weighted by Crippen LogP contribution is 2.32. The van der Waals surface area contributed by atoms with E-state index in [9.17, 15) is 4.39 Å². The lowest BCUT2D eigenvalue weighted by atomic mass is 10.1. The lowest BCUT2D eigenvalue weighted by Gasteiger charge is -2.15. The third-order valence-electron chi connectivity index (χ3n) is 3.47. The van der Waals surface area contributed by atoms with Gasteiger partial charge in [0.2, 0.25) is 0 Å². The first-order valence-corrected chi connectivity index (χ1v) is 6.76. The van der Waals surface area contributed by atoms with Crippen LogP contribution in [0.1, 0.15) is 32.6 Å². The zero-order valence-corrected chi connectivity index (χ0v) is 11.3. The highest BCUT2D eigenvalue weighted by molar-refractivity contribution is 6.35. The standard InChI is InChI=1S/C13H16Cl2FN/c1-2-8-3-4-9(5-8)17-10-6-11(14)13(16)12(15)7-10/h6-9,17H,2-5H2,1H3. The molecule has 1 aromatic carbocycles. The number of halogens is 3. The van der Waals surface area contributed by atoms with E-state index in [1.54, 1.807) is 12.1 Å². The molecule has 1 saturated carbocycles. The molecule has 1 fully saturated rings. The number of hydrogen-bond acceptors (Lipinski definition) is 1. The summed E-state index contributed by atoms with van der Waals surface area (Å²) >= 11 is 11.5. The molecule has 0 heterocycles. The summed E-state index contributed by atoms with van der Waals surface area (Å²) in [6, 6.07) is 3.65. The van der Waals surface area contributed by atoms with Crippen LogP contribution in [-0.2, 0) is 0 Å². The number of benzene rings is 1. The topological polar surface area (TPSA) is 12.0 Å². The largest absolute Gasteiger partial charge is 0.382 e. The van der Waals surface area contributed by atoms with Gasteiger partial charge in [-0.05, 0) is 37.3 Å². The van der Waals surface area contributed by atoms with Crippen molar-refractivity contribution < 1.29 is 4.39 Å². The van der Waals surface area contributed by atoms with Gasteiger partial charge in [0.1, 0.15) is 0 Å². The summed E-state index contributed by atoms with van der Waals surface area (Å²) in [7, 11) is 0. The quantitative estimate of drug-likeness (QED) is 0.755. The lowest BCUT2D eigenvalue weighted by molar-refractivity contribution is 0.525. The first-order chi connectivity index (χ1) is 8.10. The van der Waals surface area contributed by atoms with Crippen molar-refractivity contribution in [1.82, 2.24) is 0 Å². The van der Waals surface area contributed by atoms with Gasteiger partial charge in [0, 0.05) is 11.7 Å². The minimum Gasteiger partial charge on any atom is -0.382 e. The molecule has 1 aliphatic carbocycles. The van der Waals surface area contributed by atoms with Crippen LogP contribution in [0.15, 0.2) is 12.1 Å². The van der Waals surface area contributed by atoms with Gasteiger partial charge >= 0.3 is 0 Å². The molecule has 0 amide bonds. The summed E-state index contributed by atoms with van der Waals surface area (Å²) in [5.74, 6) is 0.260. The Morgan fingerprint density at radius 1 is 1.29 bits per heavy atom. The van der Waals surface area contributed by atoms with Crippen molar-refractivity contribution in [2.24, 2.45) is 5.92 Å². The fraction of sp³-hybridized carbons (Fsp3) is 0.538. The summed E-state index contributed by atoms with van der Waals surface area (Å²) in [6.07, 6.45) is 4.81. The zero-order valence-electron chi connectivity index (χ0n) is 9.77. The van der Waals surface area contributed by atoms with E-state index in [2.05, 4.69) is 12.2 Å². The van der Waals surface area contributed by atoms with Crippen molar-refractivity contribution in [1.29, 1.82) is 0 Å². The number of nitrogens with one attached hydrogen (secondary N) is 1. The summed E-state index contributed by atoms with van der Waals surface area (Å²) in [6.45, 7) is 2.22. The molecule has 1 N–H and O–H groups in total. The van der Waals surface area contributed by atoms with Crippen molar-refractivity contribution in [2.75, 3.05) is 5.32 Å². The molecule has 17 heavy (non-hydrogen) atoms. The summed E-state index contributed by atoms with van der Waals surface area (Å²) in [5.41, 5.74) is 0.808. The Kier molecular flexibility index (Phi) is 4.16. The Balaban J connectivity index is 2.04. The van der Waals surface area contributed by atoms with Crippen LogP contribution in [0, 0.1) is 11.7 Å². The Morgan fingerprint density at radius 2 is 1.94 bits per heavy atom. The maximum Gasteiger partial charge on any atom is 0.160 e. The first-order valence-electron chi connectivity index (χ1n) is 6.01. The molecule has 0 aromatic heterocycles. The molecule has 1 nitrogen and oxygen atoms in total. The van der Waals surface area contributed by atoms with E-state index < -0.39 is 5.82 Å². The van der Waals surface area contributed by atoms with Crippen LogP contribution in [0.4, 0.5) is 10.1 Å². The SMILES string of the molecule is CCC1CCC(Nc2cc(Cl)c(F)c(Cl)c2)C1. The Bertz CT molecular complexity index is 385. The predicted molar refractivity (Wildman–Crippen MR) is 71.5 cm³/mol. The molecular formula is C13H16Cl2FN. The van der Waals surface area contributed by atoms with Gasteiger partial charge in [0.15, 0.2) is 5.82 Å². The molecule has 0 bridgehead atoms. The lowest BCUT2D eigenvalue weighted by Crippen LogP contribution is -2.15. The highest BCUT2D eigenvalue weighted by atomic mass is 35.5. The Morgan fingerprint density at radius 3 is 2.47 bits per heavy atom. The van der Waals surface area contributed by atoms with E-state index in [0.717, 1.165) is 18.0 Å². The van der Waals surface area contributed by atoms with Crippen LogP contribution in [0.2, 0.25) is 10.0 Å². The minimum absolute atomic E-state index is 0.0741. The van der Waals surface area contributed by atoms with Crippen molar-refractivity contribution in [2.45, 2.75) is 38.6 Å². The van der Waals surface area contributed by atoms with Crippen LogP contribution < -0.4 is 5.32 Å². The normalized spacial score (nSPS) is 24.0. The third-order valence-corrected chi connectivity index (χ3v) is 4.02. The second-order valence-corrected chi connectivity index (χ2v) is 5.50. The number of hydrogen-bond donors (Lipinski definition) is 1.